The number of hydrogen-bond acceptors (Lipinski definition) is 4. The van der Waals surface area contributed by atoms with Crippen molar-refractivity contribution in [2.24, 2.45) is 5.92 Å². The van der Waals surface area contributed by atoms with Crippen molar-refractivity contribution in [3.63, 3.8) is 0 Å². The topological polar surface area (TPSA) is 78.7 Å². The highest BCUT2D eigenvalue weighted by Gasteiger charge is 2.30. The Labute approximate surface area is 160 Å². The van der Waals surface area contributed by atoms with Crippen molar-refractivity contribution in [2.45, 2.75) is 70.6 Å². The van der Waals surface area contributed by atoms with E-state index in [2.05, 4.69) is 5.10 Å². The first-order valence-electron chi connectivity index (χ1n) is 10.4. The normalized spacial score (nSPS) is 21.7. The lowest BCUT2D eigenvalue weighted by Gasteiger charge is -2.29. The van der Waals surface area contributed by atoms with Gasteiger partial charge in [-0.05, 0) is 44.1 Å². The van der Waals surface area contributed by atoms with Gasteiger partial charge < -0.3 is 14.9 Å². The molecule has 1 atom stereocenters. The maximum atomic E-state index is 12.7. The highest BCUT2D eigenvalue weighted by Crippen LogP contribution is 2.37. The van der Waals surface area contributed by atoms with E-state index in [1.807, 2.05) is 20.5 Å². The zero-order chi connectivity index (χ0) is 18.8. The molecule has 1 N–H and O–H groups in total. The number of hydrogen-bond donors (Lipinski definition) is 1. The Morgan fingerprint density at radius 3 is 2.78 bits per heavy atom. The fourth-order valence-corrected chi connectivity index (χ4v) is 4.36. The molecule has 1 aromatic heterocycles. The van der Waals surface area contributed by atoms with E-state index in [-0.39, 0.29) is 11.8 Å². The molecule has 3 heterocycles. The molecule has 7 heteroatoms. The quantitative estimate of drug-likeness (QED) is 0.824. The largest absolute Gasteiger partial charge is 0.386 e. The minimum Gasteiger partial charge on any atom is -0.386 e. The maximum Gasteiger partial charge on any atom is 0.222 e. The van der Waals surface area contributed by atoms with Crippen molar-refractivity contribution in [1.29, 1.82) is 0 Å². The Kier molecular flexibility index (Phi) is 5.48. The van der Waals surface area contributed by atoms with Crippen LogP contribution in [-0.4, -0.2) is 56.1 Å². The lowest BCUT2D eigenvalue weighted by Crippen LogP contribution is -2.32. The second-order valence-electron chi connectivity index (χ2n) is 8.18. The summed E-state index contributed by atoms with van der Waals surface area (Å²) in [5, 5.41) is 15.1. The molecule has 148 valence electrons. The standard InChI is InChI=1S/C20H30N4O3/c25-18-7-2-9-22(18)10-3-8-19(26)23-11-4-12-24-16(14-23)13-17(21-24)20(27)15-5-1-6-15/h13,15,20,27H,1-12,14H2/t20-/m1/s1. The third kappa shape index (κ3) is 4.03. The van der Waals surface area contributed by atoms with Crippen molar-refractivity contribution >= 4 is 11.8 Å². The molecule has 0 aromatic carbocycles. The van der Waals surface area contributed by atoms with Gasteiger partial charge >= 0.3 is 0 Å². The van der Waals surface area contributed by atoms with Crippen LogP contribution in [0.4, 0.5) is 0 Å². The third-order valence-corrected chi connectivity index (χ3v) is 6.28. The number of aliphatic hydroxyl groups is 1. The summed E-state index contributed by atoms with van der Waals surface area (Å²) in [4.78, 5) is 28.1. The van der Waals surface area contributed by atoms with Crippen LogP contribution in [0.1, 0.15) is 68.9 Å². The summed E-state index contributed by atoms with van der Waals surface area (Å²) in [6.45, 7) is 3.62. The van der Waals surface area contributed by atoms with Gasteiger partial charge in [-0.25, -0.2) is 0 Å². The van der Waals surface area contributed by atoms with Crippen molar-refractivity contribution < 1.29 is 14.7 Å². The number of aliphatic hydroxyl groups excluding tert-OH is 1. The van der Waals surface area contributed by atoms with Gasteiger partial charge in [-0.1, -0.05) is 6.42 Å². The minimum atomic E-state index is -0.472. The molecule has 1 saturated carbocycles. The molecule has 0 bridgehead atoms. The van der Waals surface area contributed by atoms with Crippen LogP contribution in [0.2, 0.25) is 0 Å². The van der Waals surface area contributed by atoms with E-state index in [1.54, 1.807) is 0 Å². The van der Waals surface area contributed by atoms with Crippen molar-refractivity contribution in [3.05, 3.63) is 17.5 Å². The Morgan fingerprint density at radius 1 is 1.22 bits per heavy atom. The number of rotatable bonds is 6. The Morgan fingerprint density at radius 2 is 2.07 bits per heavy atom. The number of aromatic nitrogens is 2. The zero-order valence-corrected chi connectivity index (χ0v) is 16.0. The van der Waals surface area contributed by atoms with Gasteiger partial charge in [-0.2, -0.15) is 5.10 Å². The molecule has 1 saturated heterocycles. The van der Waals surface area contributed by atoms with Crippen LogP contribution >= 0.6 is 0 Å². The summed E-state index contributed by atoms with van der Waals surface area (Å²) in [6.07, 6.45) is 6.56. The fourth-order valence-electron chi connectivity index (χ4n) is 4.36. The summed E-state index contributed by atoms with van der Waals surface area (Å²) in [6, 6.07) is 1.98. The highest BCUT2D eigenvalue weighted by atomic mass is 16.3. The molecule has 2 fully saturated rings. The van der Waals surface area contributed by atoms with Crippen LogP contribution in [0.15, 0.2) is 6.07 Å². The van der Waals surface area contributed by atoms with Gasteiger partial charge in [0.25, 0.3) is 0 Å². The molecule has 2 amide bonds. The van der Waals surface area contributed by atoms with Crippen molar-refractivity contribution in [2.75, 3.05) is 19.6 Å². The van der Waals surface area contributed by atoms with E-state index in [9.17, 15) is 14.7 Å². The summed E-state index contributed by atoms with van der Waals surface area (Å²) in [5.41, 5.74) is 1.78. The van der Waals surface area contributed by atoms with E-state index in [1.165, 1.54) is 6.42 Å². The van der Waals surface area contributed by atoms with Crippen LogP contribution in [-0.2, 0) is 22.7 Å². The first kappa shape index (κ1) is 18.5. The molecule has 0 unspecified atom stereocenters. The highest BCUT2D eigenvalue weighted by molar-refractivity contribution is 5.78. The van der Waals surface area contributed by atoms with E-state index in [4.69, 9.17) is 0 Å². The fraction of sp³-hybridized carbons (Fsp3) is 0.750. The molecule has 3 aliphatic rings. The minimum absolute atomic E-state index is 0.150. The number of carbonyl (C=O) groups is 2. The summed E-state index contributed by atoms with van der Waals surface area (Å²) >= 11 is 0. The van der Waals surface area contributed by atoms with Crippen molar-refractivity contribution in [1.82, 2.24) is 19.6 Å². The molecular formula is C20H30N4O3. The van der Waals surface area contributed by atoms with Gasteiger partial charge in [-0.3, -0.25) is 14.3 Å². The Bertz CT molecular complexity index is 697. The Hall–Kier alpha value is -1.89. The smallest absolute Gasteiger partial charge is 0.222 e. The molecule has 7 nitrogen and oxygen atoms in total. The molecule has 0 radical (unpaired) electrons. The monoisotopic (exact) mass is 374 g/mol. The molecule has 1 aromatic rings. The molecular weight excluding hydrogens is 344 g/mol. The molecule has 1 aliphatic carbocycles. The Balaban J connectivity index is 1.32. The van der Waals surface area contributed by atoms with Crippen LogP contribution in [0.3, 0.4) is 0 Å². The average molecular weight is 374 g/mol. The first-order valence-corrected chi connectivity index (χ1v) is 10.4. The summed E-state index contributed by atoms with van der Waals surface area (Å²) < 4.78 is 1.97. The maximum absolute atomic E-state index is 12.7. The number of amides is 2. The number of aryl methyl sites for hydroxylation is 1. The van der Waals surface area contributed by atoms with E-state index in [0.717, 1.165) is 63.1 Å². The number of likely N-dealkylation sites (tertiary alicyclic amines) is 1. The summed E-state index contributed by atoms with van der Waals surface area (Å²) in [7, 11) is 0. The summed E-state index contributed by atoms with van der Waals surface area (Å²) in [5.74, 6) is 0.714. The van der Waals surface area contributed by atoms with Crippen LogP contribution in [0, 0.1) is 5.92 Å². The number of fused-ring (bicyclic) bond motifs is 1. The van der Waals surface area contributed by atoms with Gasteiger partial charge in [0.2, 0.25) is 11.8 Å². The number of carbonyl (C=O) groups excluding carboxylic acids is 2. The van der Waals surface area contributed by atoms with E-state index >= 15 is 0 Å². The second-order valence-corrected chi connectivity index (χ2v) is 8.18. The van der Waals surface area contributed by atoms with Gasteiger partial charge in [-0.15, -0.1) is 0 Å². The third-order valence-electron chi connectivity index (χ3n) is 6.28. The van der Waals surface area contributed by atoms with Crippen LogP contribution < -0.4 is 0 Å². The predicted octanol–water partition coefficient (Wildman–Crippen LogP) is 1.85. The lowest BCUT2D eigenvalue weighted by atomic mass is 9.80. The second kappa shape index (κ2) is 8.00. The van der Waals surface area contributed by atoms with Gasteiger partial charge in [0.1, 0.15) is 6.10 Å². The van der Waals surface area contributed by atoms with Crippen LogP contribution in [0.5, 0.6) is 0 Å². The predicted molar refractivity (Wildman–Crippen MR) is 99.6 cm³/mol. The molecule has 27 heavy (non-hydrogen) atoms. The van der Waals surface area contributed by atoms with Crippen molar-refractivity contribution in [3.8, 4) is 0 Å². The lowest BCUT2D eigenvalue weighted by molar-refractivity contribution is -0.133. The van der Waals surface area contributed by atoms with Gasteiger partial charge in [0.05, 0.1) is 17.9 Å². The zero-order valence-electron chi connectivity index (χ0n) is 16.0. The first-order chi connectivity index (χ1) is 13.1. The SMILES string of the molecule is O=C1CCCN1CCCC(=O)N1CCCn2nc([C@H](O)C3CCC3)cc2C1. The number of nitrogens with zero attached hydrogens (tertiary/aromatic N) is 4. The van der Waals surface area contributed by atoms with E-state index in [0.29, 0.717) is 31.8 Å². The average Bonchev–Trinajstić information content (AvgIpc) is 3.14. The molecule has 0 spiro atoms. The van der Waals surface area contributed by atoms with Gasteiger partial charge in [0.15, 0.2) is 0 Å². The van der Waals surface area contributed by atoms with Gasteiger partial charge in [0, 0.05) is 39.0 Å². The van der Waals surface area contributed by atoms with E-state index < -0.39 is 6.10 Å². The molecule has 4 rings (SSSR count). The molecule has 2 aliphatic heterocycles. The van der Waals surface area contributed by atoms with Crippen LogP contribution in [0.25, 0.3) is 0 Å².